The molecule has 0 aliphatic carbocycles. The smallest absolute Gasteiger partial charge is 0.339 e. The van der Waals surface area contributed by atoms with Crippen LogP contribution in [0.4, 0.5) is 5.69 Å². The first-order valence-corrected chi connectivity index (χ1v) is 6.15. The summed E-state index contributed by atoms with van der Waals surface area (Å²) in [5.41, 5.74) is 1.22. The summed E-state index contributed by atoms with van der Waals surface area (Å²) in [6.45, 7) is 1.87. The minimum Gasteiger partial charge on any atom is -0.478 e. The van der Waals surface area contributed by atoms with Gasteiger partial charge in [-0.3, -0.25) is 0 Å². The molecule has 0 bridgehead atoms. The number of nitriles is 1. The molecule has 0 aliphatic heterocycles. The van der Waals surface area contributed by atoms with Gasteiger partial charge in [-0.2, -0.15) is 5.26 Å². The van der Waals surface area contributed by atoms with Crippen molar-refractivity contribution in [2.45, 2.75) is 13.5 Å². The Morgan fingerprint density at radius 2 is 2.25 bits per heavy atom. The summed E-state index contributed by atoms with van der Waals surface area (Å²) >= 11 is 6.01. The first-order chi connectivity index (χ1) is 9.51. The molecule has 1 aromatic heterocycles. The van der Waals surface area contributed by atoms with E-state index in [0.29, 0.717) is 27.8 Å². The Morgan fingerprint density at radius 1 is 1.50 bits per heavy atom. The summed E-state index contributed by atoms with van der Waals surface area (Å²) < 4.78 is 5.34. The molecule has 5 nitrogen and oxygen atoms in total. The van der Waals surface area contributed by atoms with Gasteiger partial charge in [0.25, 0.3) is 0 Å². The van der Waals surface area contributed by atoms with Crippen molar-refractivity contribution in [2.24, 2.45) is 0 Å². The van der Waals surface area contributed by atoms with Crippen LogP contribution in [0.3, 0.4) is 0 Å². The Morgan fingerprint density at radius 3 is 2.85 bits per heavy atom. The van der Waals surface area contributed by atoms with Crippen LogP contribution in [-0.4, -0.2) is 11.1 Å². The minimum atomic E-state index is -1.03. The Hall–Kier alpha value is -2.45. The number of furan rings is 1. The summed E-state index contributed by atoms with van der Waals surface area (Å²) in [6.07, 6.45) is 0. The lowest BCUT2D eigenvalue weighted by molar-refractivity contribution is 0.0695. The number of hydrogen-bond acceptors (Lipinski definition) is 4. The molecule has 0 saturated heterocycles. The average molecular weight is 291 g/mol. The number of rotatable bonds is 4. The number of benzene rings is 1. The first kappa shape index (κ1) is 14.0. The molecular formula is C14H11ClN2O3. The van der Waals surface area contributed by atoms with E-state index in [9.17, 15) is 4.79 Å². The second-order valence-corrected chi connectivity index (χ2v) is 4.55. The fourth-order valence-electron chi connectivity index (χ4n) is 1.76. The number of hydrogen-bond donors (Lipinski definition) is 2. The van der Waals surface area contributed by atoms with Crippen LogP contribution in [0.1, 0.15) is 27.4 Å². The summed E-state index contributed by atoms with van der Waals surface area (Å²) in [7, 11) is 0. The van der Waals surface area contributed by atoms with Crippen molar-refractivity contribution in [1.82, 2.24) is 0 Å². The molecular weight excluding hydrogens is 280 g/mol. The molecule has 1 aromatic carbocycles. The van der Waals surface area contributed by atoms with Crippen molar-refractivity contribution in [3.05, 3.63) is 51.9 Å². The van der Waals surface area contributed by atoms with E-state index in [2.05, 4.69) is 5.32 Å². The number of carboxylic acids is 1. The van der Waals surface area contributed by atoms with Crippen LogP contribution < -0.4 is 5.32 Å². The Kier molecular flexibility index (Phi) is 3.97. The molecule has 1 heterocycles. The van der Waals surface area contributed by atoms with Gasteiger partial charge < -0.3 is 14.8 Å². The van der Waals surface area contributed by atoms with Gasteiger partial charge in [-0.05, 0) is 31.2 Å². The fourth-order valence-corrected chi connectivity index (χ4v) is 1.94. The van der Waals surface area contributed by atoms with Crippen molar-refractivity contribution < 1.29 is 14.3 Å². The predicted molar refractivity (Wildman–Crippen MR) is 73.9 cm³/mol. The van der Waals surface area contributed by atoms with Crippen molar-refractivity contribution in [1.29, 1.82) is 5.26 Å². The topological polar surface area (TPSA) is 86.3 Å². The molecule has 102 valence electrons. The zero-order valence-corrected chi connectivity index (χ0v) is 11.4. The maximum Gasteiger partial charge on any atom is 0.339 e. The highest BCUT2D eigenvalue weighted by Gasteiger charge is 2.13. The normalized spacial score (nSPS) is 10.1. The van der Waals surface area contributed by atoms with E-state index in [-0.39, 0.29) is 12.1 Å². The zero-order chi connectivity index (χ0) is 14.7. The number of aryl methyl sites for hydroxylation is 1. The molecule has 20 heavy (non-hydrogen) atoms. The van der Waals surface area contributed by atoms with Gasteiger partial charge in [0.15, 0.2) is 0 Å². The highest BCUT2D eigenvalue weighted by atomic mass is 35.5. The van der Waals surface area contributed by atoms with Gasteiger partial charge in [-0.1, -0.05) is 11.6 Å². The van der Waals surface area contributed by atoms with E-state index in [4.69, 9.17) is 26.4 Å². The van der Waals surface area contributed by atoms with Crippen LogP contribution in [0, 0.1) is 18.3 Å². The molecule has 6 heteroatoms. The lowest BCUT2D eigenvalue weighted by atomic mass is 10.2. The second kappa shape index (κ2) is 5.68. The largest absolute Gasteiger partial charge is 0.478 e. The van der Waals surface area contributed by atoms with Crippen molar-refractivity contribution in [3.63, 3.8) is 0 Å². The molecule has 2 rings (SSSR count). The maximum absolute atomic E-state index is 10.9. The molecule has 0 aliphatic rings. The summed E-state index contributed by atoms with van der Waals surface area (Å²) in [5, 5.41) is 21.3. The maximum atomic E-state index is 10.9. The minimum absolute atomic E-state index is 0.138. The lowest BCUT2D eigenvalue weighted by Crippen LogP contribution is -1.99. The van der Waals surface area contributed by atoms with Crippen molar-refractivity contribution in [3.8, 4) is 6.07 Å². The number of nitrogens with zero attached hydrogens (tertiary/aromatic N) is 1. The van der Waals surface area contributed by atoms with E-state index in [0.717, 1.165) is 0 Å². The van der Waals surface area contributed by atoms with Crippen molar-refractivity contribution in [2.75, 3.05) is 5.32 Å². The Labute approximate surface area is 120 Å². The number of halogens is 1. The number of aromatic carboxylic acids is 1. The van der Waals surface area contributed by atoms with E-state index in [1.807, 2.05) is 6.07 Å². The van der Waals surface area contributed by atoms with Crippen molar-refractivity contribution >= 4 is 23.3 Å². The van der Waals surface area contributed by atoms with Crippen LogP contribution in [0.15, 0.2) is 28.7 Å². The third-order valence-electron chi connectivity index (χ3n) is 2.75. The highest BCUT2D eigenvalue weighted by molar-refractivity contribution is 6.33. The summed E-state index contributed by atoms with van der Waals surface area (Å²) in [6, 6.07) is 8.35. The first-order valence-electron chi connectivity index (χ1n) is 5.77. The molecule has 0 atom stereocenters. The Bertz CT molecular complexity index is 701. The number of carbonyl (C=O) groups is 1. The quantitative estimate of drug-likeness (QED) is 0.901. The molecule has 0 unspecified atom stereocenters. The molecule has 0 radical (unpaired) electrons. The molecule has 0 amide bonds. The zero-order valence-electron chi connectivity index (χ0n) is 10.6. The standard InChI is InChI=1S/C14H11ClN2O3/c1-8-11(14(18)19)5-10(20-8)7-17-13-4-9(6-16)2-3-12(13)15/h2-5,17H,7H2,1H3,(H,18,19). The highest BCUT2D eigenvalue weighted by Crippen LogP contribution is 2.24. The Balaban J connectivity index is 2.15. The molecule has 2 aromatic rings. The van der Waals surface area contributed by atoms with Gasteiger partial charge in [0.2, 0.25) is 0 Å². The second-order valence-electron chi connectivity index (χ2n) is 4.15. The van der Waals surface area contributed by atoms with E-state index < -0.39 is 5.97 Å². The van der Waals surface area contributed by atoms with E-state index in [1.165, 1.54) is 6.07 Å². The van der Waals surface area contributed by atoms with Crippen LogP contribution in [0.2, 0.25) is 5.02 Å². The van der Waals surface area contributed by atoms with Crippen LogP contribution in [0.25, 0.3) is 0 Å². The molecule has 0 fully saturated rings. The van der Waals surface area contributed by atoms with Crippen LogP contribution in [0.5, 0.6) is 0 Å². The third kappa shape index (κ3) is 2.92. The summed E-state index contributed by atoms with van der Waals surface area (Å²) in [5.74, 6) is -0.188. The third-order valence-corrected chi connectivity index (χ3v) is 3.08. The number of nitrogens with one attached hydrogen (secondary N) is 1. The molecule has 0 spiro atoms. The van der Waals surface area contributed by atoms with E-state index >= 15 is 0 Å². The predicted octanol–water partition coefficient (Wildman–Crippen LogP) is 3.42. The van der Waals surface area contributed by atoms with Crippen LogP contribution >= 0.6 is 11.6 Å². The van der Waals surface area contributed by atoms with Gasteiger partial charge in [0.05, 0.1) is 28.9 Å². The van der Waals surface area contributed by atoms with Crippen LogP contribution in [-0.2, 0) is 6.54 Å². The summed E-state index contributed by atoms with van der Waals surface area (Å²) in [4.78, 5) is 10.9. The van der Waals surface area contributed by atoms with E-state index in [1.54, 1.807) is 25.1 Å². The number of anilines is 1. The van der Waals surface area contributed by atoms with Gasteiger partial charge >= 0.3 is 5.97 Å². The van der Waals surface area contributed by atoms with Gasteiger partial charge in [-0.15, -0.1) is 0 Å². The molecule has 2 N–H and O–H groups in total. The lowest BCUT2D eigenvalue weighted by Gasteiger charge is -2.06. The van der Waals surface area contributed by atoms with Gasteiger partial charge in [0.1, 0.15) is 17.1 Å². The number of carboxylic acid groups (broad SMARTS) is 1. The monoisotopic (exact) mass is 290 g/mol. The fraction of sp³-hybridized carbons (Fsp3) is 0.143. The van der Waals surface area contributed by atoms with Gasteiger partial charge in [0, 0.05) is 0 Å². The SMILES string of the molecule is Cc1oc(CNc2cc(C#N)ccc2Cl)cc1C(=O)O. The van der Waals surface area contributed by atoms with Gasteiger partial charge in [-0.25, -0.2) is 4.79 Å². The average Bonchev–Trinajstić information content (AvgIpc) is 2.79. The molecule has 0 saturated carbocycles.